The molecule has 1 rings (SSSR count). The molecular formula is C11H13F3. The molecule has 0 unspecified atom stereocenters. The standard InChI is InChI=1S/C11H13F3/c1-3-8-6-5-7-10(9(8)4-2)11(12,13)14/h5-7H,3-4H2,1-2H3. The van der Waals surface area contributed by atoms with Crippen LogP contribution in [0, 0.1) is 0 Å². The lowest BCUT2D eigenvalue weighted by Gasteiger charge is -2.14. The van der Waals surface area contributed by atoms with E-state index >= 15 is 0 Å². The van der Waals surface area contributed by atoms with Crippen molar-refractivity contribution in [2.24, 2.45) is 0 Å². The molecular weight excluding hydrogens is 189 g/mol. The van der Waals surface area contributed by atoms with E-state index in [2.05, 4.69) is 0 Å². The van der Waals surface area contributed by atoms with E-state index in [9.17, 15) is 13.2 Å². The van der Waals surface area contributed by atoms with Crippen LogP contribution in [0.15, 0.2) is 18.2 Å². The zero-order valence-corrected chi connectivity index (χ0v) is 8.28. The van der Waals surface area contributed by atoms with Gasteiger partial charge < -0.3 is 0 Å². The molecule has 0 bridgehead atoms. The Morgan fingerprint density at radius 2 is 1.71 bits per heavy atom. The molecule has 3 heteroatoms. The highest BCUT2D eigenvalue weighted by molar-refractivity contribution is 5.37. The second kappa shape index (κ2) is 4.03. The Bertz CT molecular complexity index is 313. The van der Waals surface area contributed by atoms with Gasteiger partial charge in [-0.05, 0) is 30.0 Å². The summed E-state index contributed by atoms with van der Waals surface area (Å²) in [6, 6.07) is 4.38. The molecule has 0 saturated heterocycles. The molecule has 0 radical (unpaired) electrons. The third-order valence-electron chi connectivity index (χ3n) is 2.31. The minimum absolute atomic E-state index is 0.429. The molecule has 0 N–H and O–H groups in total. The Balaban J connectivity index is 3.29. The van der Waals surface area contributed by atoms with E-state index in [-0.39, 0.29) is 0 Å². The summed E-state index contributed by atoms with van der Waals surface area (Å²) in [4.78, 5) is 0. The predicted octanol–water partition coefficient (Wildman–Crippen LogP) is 3.83. The highest BCUT2D eigenvalue weighted by atomic mass is 19.4. The minimum atomic E-state index is -4.23. The Hall–Kier alpha value is -0.990. The summed E-state index contributed by atoms with van der Waals surface area (Å²) < 4.78 is 37.7. The van der Waals surface area contributed by atoms with E-state index in [0.717, 1.165) is 11.6 Å². The van der Waals surface area contributed by atoms with Crippen LogP contribution in [0.4, 0.5) is 13.2 Å². The van der Waals surface area contributed by atoms with Gasteiger partial charge in [0.15, 0.2) is 0 Å². The smallest absolute Gasteiger partial charge is 0.166 e. The molecule has 14 heavy (non-hydrogen) atoms. The quantitative estimate of drug-likeness (QED) is 0.683. The second-order valence-electron chi connectivity index (χ2n) is 3.15. The first-order valence-electron chi connectivity index (χ1n) is 4.68. The molecule has 0 aliphatic heterocycles. The van der Waals surface area contributed by atoms with Crippen LogP contribution in [0.5, 0.6) is 0 Å². The lowest BCUT2D eigenvalue weighted by Crippen LogP contribution is -2.10. The van der Waals surface area contributed by atoms with Gasteiger partial charge in [0.2, 0.25) is 0 Å². The number of aryl methyl sites for hydroxylation is 1. The maximum Gasteiger partial charge on any atom is 0.416 e. The Labute approximate surface area is 81.8 Å². The van der Waals surface area contributed by atoms with Crippen molar-refractivity contribution >= 4 is 0 Å². The van der Waals surface area contributed by atoms with Gasteiger partial charge in [-0.25, -0.2) is 0 Å². The van der Waals surface area contributed by atoms with Crippen molar-refractivity contribution < 1.29 is 13.2 Å². The number of hydrogen-bond acceptors (Lipinski definition) is 0. The van der Waals surface area contributed by atoms with Crippen molar-refractivity contribution in [3.63, 3.8) is 0 Å². The summed E-state index contributed by atoms with van der Waals surface area (Å²) in [5.41, 5.74) is 0.740. The van der Waals surface area contributed by atoms with E-state index in [4.69, 9.17) is 0 Å². The summed E-state index contributed by atoms with van der Waals surface area (Å²) in [5, 5.41) is 0. The number of halogens is 3. The number of benzene rings is 1. The van der Waals surface area contributed by atoms with Crippen molar-refractivity contribution in [1.29, 1.82) is 0 Å². The van der Waals surface area contributed by atoms with Crippen molar-refractivity contribution in [1.82, 2.24) is 0 Å². The van der Waals surface area contributed by atoms with E-state index in [1.807, 2.05) is 6.92 Å². The van der Waals surface area contributed by atoms with E-state index < -0.39 is 11.7 Å². The molecule has 0 aromatic heterocycles. The monoisotopic (exact) mass is 202 g/mol. The van der Waals surface area contributed by atoms with Crippen LogP contribution in [0.3, 0.4) is 0 Å². The first kappa shape index (κ1) is 11.1. The molecule has 0 aliphatic rings. The minimum Gasteiger partial charge on any atom is -0.166 e. The van der Waals surface area contributed by atoms with Crippen LogP contribution in [0.25, 0.3) is 0 Å². The number of alkyl halides is 3. The van der Waals surface area contributed by atoms with Crippen LogP contribution in [-0.4, -0.2) is 0 Å². The normalized spacial score (nSPS) is 11.8. The molecule has 1 aromatic rings. The Morgan fingerprint density at radius 1 is 1.07 bits per heavy atom. The van der Waals surface area contributed by atoms with Gasteiger partial charge in [0.1, 0.15) is 0 Å². The summed E-state index contributed by atoms with van der Waals surface area (Å²) in [6.45, 7) is 3.62. The third-order valence-corrected chi connectivity index (χ3v) is 2.31. The zero-order valence-electron chi connectivity index (χ0n) is 8.28. The maximum absolute atomic E-state index is 12.6. The predicted molar refractivity (Wildman–Crippen MR) is 50.2 cm³/mol. The van der Waals surface area contributed by atoms with Crippen molar-refractivity contribution in [3.8, 4) is 0 Å². The van der Waals surface area contributed by atoms with Crippen LogP contribution in [-0.2, 0) is 19.0 Å². The van der Waals surface area contributed by atoms with Gasteiger partial charge in [0.05, 0.1) is 5.56 Å². The molecule has 0 saturated carbocycles. The van der Waals surface area contributed by atoms with Crippen molar-refractivity contribution in [2.45, 2.75) is 32.9 Å². The van der Waals surface area contributed by atoms with E-state index in [1.54, 1.807) is 13.0 Å². The topological polar surface area (TPSA) is 0 Å². The van der Waals surface area contributed by atoms with Gasteiger partial charge >= 0.3 is 6.18 Å². The largest absolute Gasteiger partial charge is 0.416 e. The molecule has 0 atom stereocenters. The first-order chi connectivity index (χ1) is 6.50. The summed E-state index contributed by atoms with van der Waals surface area (Å²) in [5.74, 6) is 0. The SMILES string of the molecule is CCc1cccc(C(F)(F)F)c1CC. The molecule has 0 spiro atoms. The fourth-order valence-electron chi connectivity index (χ4n) is 1.65. The van der Waals surface area contributed by atoms with Gasteiger partial charge in [-0.1, -0.05) is 26.0 Å². The third kappa shape index (κ3) is 2.08. The van der Waals surface area contributed by atoms with Crippen LogP contribution in [0.2, 0.25) is 0 Å². The zero-order chi connectivity index (χ0) is 10.8. The Morgan fingerprint density at radius 3 is 2.14 bits per heavy atom. The van der Waals surface area contributed by atoms with E-state index in [1.165, 1.54) is 6.07 Å². The molecule has 0 fully saturated rings. The van der Waals surface area contributed by atoms with Gasteiger partial charge in [0.25, 0.3) is 0 Å². The lowest BCUT2D eigenvalue weighted by atomic mass is 9.97. The summed E-state index contributed by atoms with van der Waals surface area (Å²) >= 11 is 0. The molecule has 0 nitrogen and oxygen atoms in total. The number of rotatable bonds is 2. The molecule has 1 aromatic carbocycles. The molecule has 78 valence electrons. The summed E-state index contributed by atoms with van der Waals surface area (Å²) in [6.07, 6.45) is -3.15. The lowest BCUT2D eigenvalue weighted by molar-refractivity contribution is -0.138. The number of hydrogen-bond donors (Lipinski definition) is 0. The average Bonchev–Trinajstić information content (AvgIpc) is 2.15. The van der Waals surface area contributed by atoms with Crippen LogP contribution < -0.4 is 0 Å². The van der Waals surface area contributed by atoms with Gasteiger partial charge in [-0.15, -0.1) is 0 Å². The second-order valence-corrected chi connectivity index (χ2v) is 3.15. The highest BCUT2D eigenvalue weighted by Crippen LogP contribution is 2.33. The average molecular weight is 202 g/mol. The van der Waals surface area contributed by atoms with Crippen molar-refractivity contribution in [3.05, 3.63) is 34.9 Å². The molecule has 0 aliphatic carbocycles. The summed E-state index contributed by atoms with van der Waals surface area (Å²) in [7, 11) is 0. The van der Waals surface area contributed by atoms with Crippen LogP contribution in [0.1, 0.15) is 30.5 Å². The van der Waals surface area contributed by atoms with Crippen LogP contribution >= 0.6 is 0 Å². The van der Waals surface area contributed by atoms with Gasteiger partial charge in [-0.3, -0.25) is 0 Å². The van der Waals surface area contributed by atoms with Gasteiger partial charge in [0, 0.05) is 0 Å². The highest BCUT2D eigenvalue weighted by Gasteiger charge is 2.33. The fraction of sp³-hybridized carbons (Fsp3) is 0.455. The van der Waals surface area contributed by atoms with Crippen molar-refractivity contribution in [2.75, 3.05) is 0 Å². The van der Waals surface area contributed by atoms with E-state index in [0.29, 0.717) is 18.4 Å². The molecule has 0 amide bonds. The Kier molecular flexibility index (Phi) is 3.19. The molecule has 0 heterocycles. The first-order valence-corrected chi connectivity index (χ1v) is 4.68. The van der Waals surface area contributed by atoms with Gasteiger partial charge in [-0.2, -0.15) is 13.2 Å². The fourth-order valence-corrected chi connectivity index (χ4v) is 1.65. The maximum atomic E-state index is 12.6.